The van der Waals surface area contributed by atoms with E-state index in [-0.39, 0.29) is 23.4 Å². The SMILES string of the molecule is CCNS(=O)(=O)CCn1nnc2c(C(=O)O)cccc21. The number of fused-ring (bicyclic) bond motifs is 1. The van der Waals surface area contributed by atoms with Crippen LogP contribution in [0, 0.1) is 0 Å². The molecular weight excluding hydrogens is 284 g/mol. The second-order valence-corrected chi connectivity index (χ2v) is 6.03. The Balaban J connectivity index is 2.29. The van der Waals surface area contributed by atoms with Crippen molar-refractivity contribution in [3.05, 3.63) is 23.8 Å². The van der Waals surface area contributed by atoms with Crippen molar-refractivity contribution < 1.29 is 18.3 Å². The number of sulfonamides is 1. The normalized spacial score (nSPS) is 11.8. The fourth-order valence-electron chi connectivity index (χ4n) is 1.83. The lowest BCUT2D eigenvalue weighted by Crippen LogP contribution is -2.28. The Kier molecular flexibility index (Phi) is 4.00. The maximum atomic E-state index is 11.6. The molecule has 0 radical (unpaired) electrons. The van der Waals surface area contributed by atoms with Gasteiger partial charge in [0.15, 0.2) is 0 Å². The molecule has 2 aromatic rings. The van der Waals surface area contributed by atoms with E-state index < -0.39 is 16.0 Å². The number of hydrogen-bond acceptors (Lipinski definition) is 5. The van der Waals surface area contributed by atoms with Crippen LogP contribution in [0.5, 0.6) is 0 Å². The quantitative estimate of drug-likeness (QED) is 0.780. The van der Waals surface area contributed by atoms with Gasteiger partial charge in [-0.1, -0.05) is 18.2 Å². The zero-order valence-corrected chi connectivity index (χ0v) is 11.6. The first-order valence-electron chi connectivity index (χ1n) is 5.97. The fourth-order valence-corrected chi connectivity index (χ4v) is 2.83. The molecule has 0 saturated heterocycles. The highest BCUT2D eigenvalue weighted by Crippen LogP contribution is 2.16. The van der Waals surface area contributed by atoms with Crippen LogP contribution in [0.4, 0.5) is 0 Å². The monoisotopic (exact) mass is 298 g/mol. The second kappa shape index (κ2) is 5.55. The maximum Gasteiger partial charge on any atom is 0.338 e. The molecule has 1 heterocycles. The van der Waals surface area contributed by atoms with Crippen LogP contribution in [0.1, 0.15) is 17.3 Å². The van der Waals surface area contributed by atoms with Crippen molar-refractivity contribution in [2.75, 3.05) is 12.3 Å². The van der Waals surface area contributed by atoms with Gasteiger partial charge in [-0.25, -0.2) is 22.6 Å². The summed E-state index contributed by atoms with van der Waals surface area (Å²) in [6, 6.07) is 4.66. The van der Waals surface area contributed by atoms with Gasteiger partial charge < -0.3 is 5.11 Å². The van der Waals surface area contributed by atoms with Crippen LogP contribution in [0.3, 0.4) is 0 Å². The van der Waals surface area contributed by atoms with Crippen LogP contribution < -0.4 is 4.72 Å². The third-order valence-electron chi connectivity index (χ3n) is 2.71. The van der Waals surface area contributed by atoms with Gasteiger partial charge in [0.25, 0.3) is 0 Å². The third-order valence-corrected chi connectivity index (χ3v) is 4.16. The average Bonchev–Trinajstić information content (AvgIpc) is 2.79. The van der Waals surface area contributed by atoms with Crippen LogP contribution >= 0.6 is 0 Å². The van der Waals surface area contributed by atoms with Gasteiger partial charge in [0.2, 0.25) is 10.0 Å². The van der Waals surface area contributed by atoms with Gasteiger partial charge in [-0.15, -0.1) is 5.10 Å². The van der Waals surface area contributed by atoms with Crippen LogP contribution in [0.15, 0.2) is 18.2 Å². The lowest BCUT2D eigenvalue weighted by atomic mass is 10.2. The molecule has 0 amide bonds. The summed E-state index contributed by atoms with van der Waals surface area (Å²) in [6.07, 6.45) is 0. The Labute approximate surface area is 115 Å². The molecule has 0 bridgehead atoms. The lowest BCUT2D eigenvalue weighted by molar-refractivity contribution is 0.0699. The number of nitrogens with zero attached hydrogens (tertiary/aromatic N) is 3. The molecule has 2 rings (SSSR count). The number of carbonyl (C=O) groups is 1. The molecule has 0 aliphatic heterocycles. The first kappa shape index (κ1) is 14.4. The van der Waals surface area contributed by atoms with Gasteiger partial charge in [-0.3, -0.25) is 0 Å². The Morgan fingerprint density at radius 3 is 2.85 bits per heavy atom. The molecule has 0 aliphatic carbocycles. The topological polar surface area (TPSA) is 114 Å². The summed E-state index contributed by atoms with van der Waals surface area (Å²) in [4.78, 5) is 11.0. The summed E-state index contributed by atoms with van der Waals surface area (Å²) < 4.78 is 26.9. The van der Waals surface area contributed by atoms with Crippen molar-refractivity contribution in [2.45, 2.75) is 13.5 Å². The summed E-state index contributed by atoms with van der Waals surface area (Å²) in [7, 11) is -3.36. The molecule has 0 spiro atoms. The number of aromatic nitrogens is 3. The number of aryl methyl sites for hydroxylation is 1. The van der Waals surface area contributed by atoms with Crippen LogP contribution in [-0.2, 0) is 16.6 Å². The van der Waals surface area contributed by atoms with E-state index in [1.807, 2.05) is 0 Å². The van der Waals surface area contributed by atoms with Crippen molar-refractivity contribution in [3.63, 3.8) is 0 Å². The summed E-state index contributed by atoms with van der Waals surface area (Å²) >= 11 is 0. The Morgan fingerprint density at radius 1 is 1.45 bits per heavy atom. The lowest BCUT2D eigenvalue weighted by Gasteiger charge is -2.05. The summed E-state index contributed by atoms with van der Waals surface area (Å²) in [5.41, 5.74) is 0.792. The molecule has 0 atom stereocenters. The van der Waals surface area contributed by atoms with Gasteiger partial charge in [-0.05, 0) is 12.1 Å². The van der Waals surface area contributed by atoms with Crippen LogP contribution in [0.2, 0.25) is 0 Å². The largest absolute Gasteiger partial charge is 0.478 e. The van der Waals surface area contributed by atoms with E-state index in [9.17, 15) is 13.2 Å². The van der Waals surface area contributed by atoms with Crippen LogP contribution in [-0.4, -0.2) is 46.8 Å². The number of nitrogens with one attached hydrogen (secondary N) is 1. The van der Waals surface area contributed by atoms with Gasteiger partial charge in [0.1, 0.15) is 5.52 Å². The van der Waals surface area contributed by atoms with Gasteiger partial charge in [0.05, 0.1) is 23.4 Å². The number of benzene rings is 1. The number of aromatic carboxylic acids is 1. The third kappa shape index (κ3) is 2.94. The molecule has 8 nitrogen and oxygen atoms in total. The molecule has 0 fully saturated rings. The smallest absolute Gasteiger partial charge is 0.338 e. The highest BCUT2D eigenvalue weighted by Gasteiger charge is 2.15. The molecular formula is C11H14N4O4S. The summed E-state index contributed by atoms with van der Waals surface area (Å²) in [5.74, 6) is -1.24. The molecule has 9 heteroatoms. The molecule has 0 unspecified atom stereocenters. The first-order valence-corrected chi connectivity index (χ1v) is 7.62. The van der Waals surface area contributed by atoms with Crippen molar-refractivity contribution in [2.24, 2.45) is 0 Å². The molecule has 1 aromatic carbocycles. The van der Waals surface area contributed by atoms with Crippen LogP contribution in [0.25, 0.3) is 11.0 Å². The minimum absolute atomic E-state index is 0.0447. The zero-order chi connectivity index (χ0) is 14.8. The number of hydrogen-bond donors (Lipinski definition) is 2. The molecule has 20 heavy (non-hydrogen) atoms. The van der Waals surface area contributed by atoms with E-state index in [1.54, 1.807) is 19.1 Å². The first-order chi connectivity index (χ1) is 9.44. The highest BCUT2D eigenvalue weighted by atomic mass is 32.2. The molecule has 2 N–H and O–H groups in total. The molecule has 0 saturated carbocycles. The van der Waals surface area contributed by atoms with Crippen molar-refractivity contribution in [1.82, 2.24) is 19.7 Å². The van der Waals surface area contributed by atoms with Crippen molar-refractivity contribution in [1.29, 1.82) is 0 Å². The van der Waals surface area contributed by atoms with E-state index in [0.717, 1.165) is 0 Å². The fraction of sp³-hybridized carbons (Fsp3) is 0.364. The standard InChI is InChI=1S/C11H14N4O4S/c1-2-12-20(18,19)7-6-15-9-5-3-4-8(11(16)17)10(9)13-14-15/h3-5,12H,2,6-7H2,1H3,(H,16,17). The van der Waals surface area contributed by atoms with Crippen molar-refractivity contribution >= 4 is 27.0 Å². The van der Waals surface area contributed by atoms with E-state index in [4.69, 9.17) is 5.11 Å². The predicted molar refractivity (Wildman–Crippen MR) is 72.0 cm³/mol. The molecule has 1 aromatic heterocycles. The Hall–Kier alpha value is -2.00. The highest BCUT2D eigenvalue weighted by molar-refractivity contribution is 7.89. The van der Waals surface area contributed by atoms with Crippen molar-refractivity contribution in [3.8, 4) is 0 Å². The number of carboxylic acid groups (broad SMARTS) is 1. The summed E-state index contributed by atoms with van der Waals surface area (Å²) in [5, 5.41) is 16.7. The summed E-state index contributed by atoms with van der Waals surface area (Å²) in [6.45, 7) is 2.13. The van der Waals surface area contributed by atoms with E-state index in [0.29, 0.717) is 12.1 Å². The minimum atomic E-state index is -3.36. The van der Waals surface area contributed by atoms with E-state index in [2.05, 4.69) is 15.0 Å². The number of carboxylic acids is 1. The second-order valence-electron chi connectivity index (χ2n) is 4.11. The van der Waals surface area contributed by atoms with Gasteiger partial charge >= 0.3 is 5.97 Å². The van der Waals surface area contributed by atoms with Gasteiger partial charge in [0, 0.05) is 6.54 Å². The van der Waals surface area contributed by atoms with E-state index >= 15 is 0 Å². The number of rotatable bonds is 6. The van der Waals surface area contributed by atoms with Gasteiger partial charge in [-0.2, -0.15) is 0 Å². The Morgan fingerprint density at radius 2 is 2.20 bits per heavy atom. The maximum absolute atomic E-state index is 11.6. The average molecular weight is 298 g/mol. The minimum Gasteiger partial charge on any atom is -0.478 e. The Bertz CT molecular complexity index is 738. The van der Waals surface area contributed by atoms with E-state index in [1.165, 1.54) is 10.7 Å². The molecule has 0 aliphatic rings. The predicted octanol–water partition coefficient (Wildman–Crippen LogP) is 0.0688. The molecule has 108 valence electrons. The zero-order valence-electron chi connectivity index (χ0n) is 10.8.